The maximum Gasteiger partial charge on any atom is 0.272 e. The summed E-state index contributed by atoms with van der Waals surface area (Å²) in [5, 5.41) is 3.05. The molecule has 1 fully saturated rings. The number of aliphatic imine (C=N–C) groups is 1. The zero-order valence-corrected chi connectivity index (χ0v) is 14.5. The van der Waals surface area contributed by atoms with Crippen molar-refractivity contribution in [2.24, 2.45) is 4.99 Å². The van der Waals surface area contributed by atoms with Gasteiger partial charge in [-0.1, -0.05) is 60.7 Å². The number of rotatable bonds is 3. The summed E-state index contributed by atoms with van der Waals surface area (Å²) in [6.07, 6.45) is 1.71. The predicted octanol–water partition coefficient (Wildman–Crippen LogP) is 2.17. The van der Waals surface area contributed by atoms with E-state index in [4.69, 9.17) is 4.99 Å². The number of benzene rings is 2. The highest BCUT2D eigenvalue weighted by Crippen LogP contribution is 2.29. The van der Waals surface area contributed by atoms with E-state index < -0.39 is 5.66 Å². The van der Waals surface area contributed by atoms with Crippen molar-refractivity contribution in [2.45, 2.75) is 24.9 Å². The van der Waals surface area contributed by atoms with Gasteiger partial charge in [0.25, 0.3) is 5.91 Å². The molecule has 1 saturated heterocycles. The average molecular weight is 347 g/mol. The van der Waals surface area contributed by atoms with Gasteiger partial charge < -0.3 is 10.2 Å². The number of carbonyl (C=O) groups excluding carboxylic acids is 2. The van der Waals surface area contributed by atoms with Crippen LogP contribution in [0, 0.1) is 0 Å². The summed E-state index contributed by atoms with van der Waals surface area (Å²) in [6, 6.07) is 19.3. The molecule has 4 rings (SSSR count). The van der Waals surface area contributed by atoms with Crippen LogP contribution in [0.2, 0.25) is 0 Å². The molecule has 2 heterocycles. The Morgan fingerprint density at radius 2 is 1.62 bits per heavy atom. The molecule has 26 heavy (non-hydrogen) atoms. The highest BCUT2D eigenvalue weighted by atomic mass is 16.2. The van der Waals surface area contributed by atoms with Crippen LogP contribution < -0.4 is 5.32 Å². The van der Waals surface area contributed by atoms with Crippen LogP contribution in [-0.2, 0) is 16.0 Å². The minimum Gasteiger partial charge on any atom is -0.342 e. The standard InChI is InChI=1S/C21H21N3O2/c25-18(15-16-7-3-1-4-8-16)24-13-11-21(12-14-24)22-19(20(26)23-21)17-9-5-2-6-10-17/h1-10H,11-15H2,(H,23,26). The van der Waals surface area contributed by atoms with Crippen molar-refractivity contribution in [3.63, 3.8) is 0 Å². The summed E-state index contributed by atoms with van der Waals surface area (Å²) in [7, 11) is 0. The van der Waals surface area contributed by atoms with Gasteiger partial charge in [0, 0.05) is 31.5 Å². The van der Waals surface area contributed by atoms with Crippen LogP contribution >= 0.6 is 0 Å². The van der Waals surface area contributed by atoms with Crippen LogP contribution in [0.25, 0.3) is 0 Å². The van der Waals surface area contributed by atoms with E-state index in [1.165, 1.54) is 0 Å². The van der Waals surface area contributed by atoms with Crippen LogP contribution in [0.5, 0.6) is 0 Å². The Balaban J connectivity index is 1.42. The fourth-order valence-electron chi connectivity index (χ4n) is 3.60. The number of carbonyl (C=O) groups is 2. The number of amides is 2. The van der Waals surface area contributed by atoms with E-state index in [1.54, 1.807) is 0 Å². The topological polar surface area (TPSA) is 61.8 Å². The summed E-state index contributed by atoms with van der Waals surface area (Å²) in [5.41, 5.74) is 1.79. The Kier molecular flexibility index (Phi) is 4.29. The lowest BCUT2D eigenvalue weighted by molar-refractivity contribution is -0.132. The van der Waals surface area contributed by atoms with Crippen LogP contribution in [0.15, 0.2) is 65.7 Å². The Hall–Kier alpha value is -2.95. The molecule has 0 aromatic heterocycles. The summed E-state index contributed by atoms with van der Waals surface area (Å²) >= 11 is 0. The molecule has 2 aromatic rings. The summed E-state index contributed by atoms with van der Waals surface area (Å²) in [5.74, 6) is 0.00268. The van der Waals surface area contributed by atoms with Gasteiger partial charge in [-0.05, 0) is 5.56 Å². The summed E-state index contributed by atoms with van der Waals surface area (Å²) in [6.45, 7) is 1.22. The van der Waals surface area contributed by atoms with Crippen molar-refractivity contribution < 1.29 is 9.59 Å². The van der Waals surface area contributed by atoms with Crippen LogP contribution in [-0.4, -0.2) is 41.2 Å². The van der Waals surface area contributed by atoms with Gasteiger partial charge in [0.05, 0.1) is 6.42 Å². The molecule has 0 unspecified atom stereocenters. The largest absolute Gasteiger partial charge is 0.342 e. The first-order valence-corrected chi connectivity index (χ1v) is 8.95. The zero-order chi connectivity index (χ0) is 18.0. The minimum atomic E-state index is -0.564. The molecule has 2 aliphatic rings. The van der Waals surface area contributed by atoms with Crippen LogP contribution in [0.4, 0.5) is 0 Å². The third-order valence-electron chi connectivity index (χ3n) is 5.08. The smallest absolute Gasteiger partial charge is 0.272 e. The molecule has 0 aliphatic carbocycles. The molecule has 132 valence electrons. The molecular weight excluding hydrogens is 326 g/mol. The molecule has 2 aliphatic heterocycles. The minimum absolute atomic E-state index is 0.125. The van der Waals surface area contributed by atoms with Crippen LogP contribution in [0.1, 0.15) is 24.0 Å². The maximum atomic E-state index is 12.5. The lowest BCUT2D eigenvalue weighted by atomic mass is 9.97. The molecule has 0 saturated carbocycles. The molecule has 5 heteroatoms. The van der Waals surface area contributed by atoms with E-state index in [0.29, 0.717) is 38.1 Å². The first-order chi connectivity index (χ1) is 12.7. The monoisotopic (exact) mass is 347 g/mol. The predicted molar refractivity (Wildman–Crippen MR) is 99.8 cm³/mol. The molecule has 5 nitrogen and oxygen atoms in total. The lowest BCUT2D eigenvalue weighted by Gasteiger charge is -2.37. The van der Waals surface area contributed by atoms with E-state index >= 15 is 0 Å². The second kappa shape index (κ2) is 6.75. The first kappa shape index (κ1) is 16.5. The van der Waals surface area contributed by atoms with Gasteiger partial charge in [0.1, 0.15) is 11.4 Å². The molecule has 0 radical (unpaired) electrons. The Bertz CT molecular complexity index is 838. The van der Waals surface area contributed by atoms with Gasteiger partial charge in [-0.25, -0.2) is 0 Å². The second-order valence-electron chi connectivity index (χ2n) is 6.86. The van der Waals surface area contributed by atoms with Crippen molar-refractivity contribution in [3.8, 4) is 0 Å². The van der Waals surface area contributed by atoms with Gasteiger partial charge in [0.15, 0.2) is 0 Å². The van der Waals surface area contributed by atoms with Crippen molar-refractivity contribution >= 4 is 17.5 Å². The average Bonchev–Trinajstić information content (AvgIpc) is 2.99. The third kappa shape index (κ3) is 3.25. The van der Waals surface area contributed by atoms with E-state index in [-0.39, 0.29) is 11.8 Å². The fraction of sp³-hybridized carbons (Fsp3) is 0.286. The van der Waals surface area contributed by atoms with Crippen molar-refractivity contribution in [1.29, 1.82) is 0 Å². The zero-order valence-electron chi connectivity index (χ0n) is 14.5. The molecule has 0 atom stereocenters. The number of hydrogen-bond donors (Lipinski definition) is 1. The SMILES string of the molecule is O=C1NC2(CCN(C(=O)Cc3ccccc3)CC2)N=C1c1ccccc1. The normalized spacial score (nSPS) is 18.5. The van der Waals surface area contributed by atoms with Crippen LogP contribution in [0.3, 0.4) is 0 Å². The van der Waals surface area contributed by atoms with E-state index in [9.17, 15) is 9.59 Å². The van der Waals surface area contributed by atoms with Crippen molar-refractivity contribution in [1.82, 2.24) is 10.2 Å². The van der Waals surface area contributed by atoms with Gasteiger partial charge in [0.2, 0.25) is 5.91 Å². The molecular formula is C21H21N3O2. The lowest BCUT2D eigenvalue weighted by Crippen LogP contribution is -2.52. The van der Waals surface area contributed by atoms with Crippen molar-refractivity contribution in [3.05, 3.63) is 71.8 Å². The second-order valence-corrected chi connectivity index (χ2v) is 6.86. The summed E-state index contributed by atoms with van der Waals surface area (Å²) < 4.78 is 0. The molecule has 0 bridgehead atoms. The van der Waals surface area contributed by atoms with E-state index in [2.05, 4.69) is 5.32 Å². The number of likely N-dealkylation sites (tertiary alicyclic amines) is 1. The Morgan fingerprint density at radius 1 is 1.00 bits per heavy atom. The highest BCUT2D eigenvalue weighted by Gasteiger charge is 2.42. The van der Waals surface area contributed by atoms with Crippen molar-refractivity contribution in [2.75, 3.05) is 13.1 Å². The number of nitrogens with one attached hydrogen (secondary N) is 1. The third-order valence-corrected chi connectivity index (χ3v) is 5.08. The van der Waals surface area contributed by atoms with Gasteiger partial charge >= 0.3 is 0 Å². The molecule has 1 spiro atoms. The number of piperidine rings is 1. The van der Waals surface area contributed by atoms with Gasteiger partial charge in [-0.15, -0.1) is 0 Å². The maximum absolute atomic E-state index is 12.5. The summed E-state index contributed by atoms with van der Waals surface area (Å²) in [4.78, 5) is 31.5. The Labute approximate surface area is 152 Å². The highest BCUT2D eigenvalue weighted by molar-refractivity contribution is 6.46. The van der Waals surface area contributed by atoms with E-state index in [0.717, 1.165) is 11.1 Å². The molecule has 2 amide bonds. The van der Waals surface area contributed by atoms with Gasteiger partial charge in [-0.3, -0.25) is 14.6 Å². The number of nitrogens with zero attached hydrogens (tertiary/aromatic N) is 2. The van der Waals surface area contributed by atoms with E-state index in [1.807, 2.05) is 65.6 Å². The Morgan fingerprint density at radius 3 is 2.27 bits per heavy atom. The molecule has 2 aromatic carbocycles. The molecule has 1 N–H and O–H groups in total. The first-order valence-electron chi connectivity index (χ1n) is 8.95. The fourth-order valence-corrected chi connectivity index (χ4v) is 3.60. The quantitative estimate of drug-likeness (QED) is 0.925. The number of hydrogen-bond acceptors (Lipinski definition) is 3. The van der Waals surface area contributed by atoms with Gasteiger partial charge in [-0.2, -0.15) is 0 Å².